The average Bonchev–Trinajstić information content (AvgIpc) is 2.60. The summed E-state index contributed by atoms with van der Waals surface area (Å²) in [6.07, 6.45) is 0. The zero-order valence-electron chi connectivity index (χ0n) is 13.0. The molecule has 0 saturated heterocycles. The quantitative estimate of drug-likeness (QED) is 0.786. The molecule has 1 aromatic heterocycles. The number of aromatic hydroxyl groups is 1. The fourth-order valence-corrected chi connectivity index (χ4v) is 2.24. The van der Waals surface area contributed by atoms with Gasteiger partial charge >= 0.3 is 0 Å². The fourth-order valence-electron chi connectivity index (χ4n) is 2.24. The van der Waals surface area contributed by atoms with Gasteiger partial charge in [-0.25, -0.2) is 4.39 Å². The minimum absolute atomic E-state index is 0.0132. The summed E-state index contributed by atoms with van der Waals surface area (Å²) >= 11 is 0. The number of benzene rings is 2. The fraction of sp³-hybridized carbons (Fsp3) is 0.105. The molecule has 5 heteroatoms. The molecule has 3 rings (SSSR count). The lowest BCUT2D eigenvalue weighted by Gasteiger charge is -2.12. The van der Waals surface area contributed by atoms with Gasteiger partial charge in [0.2, 0.25) is 11.2 Å². The van der Waals surface area contributed by atoms with Crippen molar-refractivity contribution >= 4 is 0 Å². The summed E-state index contributed by atoms with van der Waals surface area (Å²) < 4.78 is 24.1. The summed E-state index contributed by atoms with van der Waals surface area (Å²) in [6, 6.07) is 14.7. The summed E-state index contributed by atoms with van der Waals surface area (Å²) in [5.41, 5.74) is 0.914. The molecule has 1 heterocycles. The predicted octanol–water partition coefficient (Wildman–Crippen LogP) is 4.04. The predicted molar refractivity (Wildman–Crippen MR) is 87.5 cm³/mol. The molecule has 0 bridgehead atoms. The van der Waals surface area contributed by atoms with Gasteiger partial charge in [0.25, 0.3) is 5.95 Å². The first-order valence-corrected chi connectivity index (χ1v) is 7.35. The molecule has 4 nitrogen and oxygen atoms in total. The Labute approximate surface area is 137 Å². The highest BCUT2D eigenvalue weighted by Crippen LogP contribution is 2.32. The van der Waals surface area contributed by atoms with Gasteiger partial charge in [-0.15, -0.1) is 0 Å². The maximum atomic E-state index is 13.1. The number of hydrogen-bond donors (Lipinski definition) is 1. The van der Waals surface area contributed by atoms with E-state index in [4.69, 9.17) is 9.15 Å². The molecular formula is C19H15FO4. The van der Waals surface area contributed by atoms with Crippen molar-refractivity contribution in [1.82, 2.24) is 0 Å². The third kappa shape index (κ3) is 3.15. The lowest BCUT2D eigenvalue weighted by atomic mass is 10.1. The molecule has 0 saturated carbocycles. The smallest absolute Gasteiger partial charge is 0.289 e. The van der Waals surface area contributed by atoms with Gasteiger partial charge in [0, 0.05) is 5.56 Å². The van der Waals surface area contributed by atoms with Crippen LogP contribution in [0.15, 0.2) is 63.8 Å². The van der Waals surface area contributed by atoms with E-state index in [-0.39, 0.29) is 23.7 Å². The maximum Gasteiger partial charge on any atom is 0.289 e. The standard InChI is InChI=1S/C19H15FO4/c1-12-16(21)18(23-11-13-5-3-2-4-6-13)17(24-19(12)22)14-7-9-15(20)10-8-14/h2-10,22H,11H2,1H3. The van der Waals surface area contributed by atoms with E-state index in [9.17, 15) is 14.3 Å². The molecule has 3 aromatic rings. The highest BCUT2D eigenvalue weighted by molar-refractivity contribution is 5.65. The molecule has 0 aliphatic carbocycles. The molecule has 122 valence electrons. The zero-order valence-corrected chi connectivity index (χ0v) is 13.0. The van der Waals surface area contributed by atoms with Gasteiger partial charge in [0.05, 0.1) is 5.56 Å². The molecule has 0 fully saturated rings. The van der Waals surface area contributed by atoms with Crippen molar-refractivity contribution in [2.45, 2.75) is 13.5 Å². The van der Waals surface area contributed by atoms with Crippen LogP contribution in [0.4, 0.5) is 4.39 Å². The molecule has 0 aliphatic heterocycles. The number of ether oxygens (including phenoxy) is 1. The topological polar surface area (TPSA) is 59.7 Å². The van der Waals surface area contributed by atoms with E-state index in [1.54, 1.807) is 0 Å². The monoisotopic (exact) mass is 326 g/mol. The maximum absolute atomic E-state index is 13.1. The molecular weight excluding hydrogens is 311 g/mol. The molecule has 0 radical (unpaired) electrons. The van der Waals surface area contributed by atoms with Crippen LogP contribution in [0.25, 0.3) is 11.3 Å². The number of rotatable bonds is 4. The summed E-state index contributed by atoms with van der Waals surface area (Å²) in [6.45, 7) is 1.62. The van der Waals surface area contributed by atoms with Crippen molar-refractivity contribution in [2.75, 3.05) is 0 Å². The van der Waals surface area contributed by atoms with Gasteiger partial charge in [0.1, 0.15) is 12.4 Å². The first kappa shape index (κ1) is 15.8. The van der Waals surface area contributed by atoms with Crippen molar-refractivity contribution in [3.63, 3.8) is 0 Å². The van der Waals surface area contributed by atoms with Gasteiger partial charge < -0.3 is 14.3 Å². The summed E-state index contributed by atoms with van der Waals surface area (Å²) in [4.78, 5) is 12.5. The summed E-state index contributed by atoms with van der Waals surface area (Å²) in [5, 5.41) is 9.81. The molecule has 0 spiro atoms. The van der Waals surface area contributed by atoms with Crippen LogP contribution in [-0.2, 0) is 6.61 Å². The van der Waals surface area contributed by atoms with Crippen molar-refractivity contribution in [2.24, 2.45) is 0 Å². The van der Waals surface area contributed by atoms with Crippen LogP contribution < -0.4 is 10.2 Å². The third-order valence-corrected chi connectivity index (χ3v) is 3.60. The van der Waals surface area contributed by atoms with E-state index in [0.717, 1.165) is 5.56 Å². The SMILES string of the molecule is Cc1c(O)oc(-c2ccc(F)cc2)c(OCc2ccccc2)c1=O. The third-order valence-electron chi connectivity index (χ3n) is 3.60. The van der Waals surface area contributed by atoms with Crippen molar-refractivity contribution in [3.05, 3.63) is 81.8 Å². The Hall–Kier alpha value is -3.08. The number of hydrogen-bond acceptors (Lipinski definition) is 4. The molecule has 2 aromatic carbocycles. The molecule has 0 aliphatic rings. The van der Waals surface area contributed by atoms with Crippen LogP contribution in [0.5, 0.6) is 11.7 Å². The van der Waals surface area contributed by atoms with E-state index >= 15 is 0 Å². The molecule has 24 heavy (non-hydrogen) atoms. The van der Waals surface area contributed by atoms with Crippen LogP contribution in [-0.4, -0.2) is 5.11 Å². The first-order chi connectivity index (χ1) is 11.6. The zero-order chi connectivity index (χ0) is 17.1. The largest absolute Gasteiger partial charge is 0.481 e. The van der Waals surface area contributed by atoms with E-state index in [1.807, 2.05) is 30.3 Å². The van der Waals surface area contributed by atoms with Crippen LogP contribution in [0.1, 0.15) is 11.1 Å². The summed E-state index contributed by atoms with van der Waals surface area (Å²) in [7, 11) is 0. The van der Waals surface area contributed by atoms with Gasteiger partial charge in [-0.2, -0.15) is 0 Å². The molecule has 0 amide bonds. The average molecular weight is 326 g/mol. The Kier molecular flexibility index (Phi) is 4.33. The van der Waals surface area contributed by atoms with E-state index < -0.39 is 17.2 Å². The van der Waals surface area contributed by atoms with E-state index in [2.05, 4.69) is 0 Å². The van der Waals surface area contributed by atoms with E-state index in [1.165, 1.54) is 31.2 Å². The highest BCUT2D eigenvalue weighted by Gasteiger charge is 2.19. The Bertz CT molecular complexity index is 899. The normalized spacial score (nSPS) is 10.6. The van der Waals surface area contributed by atoms with Crippen LogP contribution >= 0.6 is 0 Å². The van der Waals surface area contributed by atoms with Gasteiger partial charge in [-0.3, -0.25) is 4.79 Å². The minimum atomic E-state index is -0.480. The van der Waals surface area contributed by atoms with Crippen molar-refractivity contribution in [3.8, 4) is 23.0 Å². The Morgan fingerprint density at radius 2 is 1.75 bits per heavy atom. The Morgan fingerprint density at radius 1 is 1.08 bits per heavy atom. The lowest BCUT2D eigenvalue weighted by molar-refractivity contribution is 0.275. The second-order valence-electron chi connectivity index (χ2n) is 5.30. The minimum Gasteiger partial charge on any atom is -0.481 e. The van der Waals surface area contributed by atoms with Crippen molar-refractivity contribution < 1.29 is 18.7 Å². The van der Waals surface area contributed by atoms with Gasteiger partial charge in [-0.1, -0.05) is 30.3 Å². The molecule has 0 unspecified atom stereocenters. The van der Waals surface area contributed by atoms with Crippen LogP contribution in [0.2, 0.25) is 0 Å². The highest BCUT2D eigenvalue weighted by atomic mass is 19.1. The van der Waals surface area contributed by atoms with Crippen molar-refractivity contribution in [1.29, 1.82) is 0 Å². The first-order valence-electron chi connectivity index (χ1n) is 7.35. The Balaban J connectivity index is 2.04. The van der Waals surface area contributed by atoms with E-state index in [0.29, 0.717) is 5.56 Å². The summed E-state index contributed by atoms with van der Waals surface area (Å²) in [5.74, 6) is -0.838. The molecule has 1 N–H and O–H groups in total. The second-order valence-corrected chi connectivity index (χ2v) is 5.30. The lowest BCUT2D eigenvalue weighted by Crippen LogP contribution is -2.12. The van der Waals surface area contributed by atoms with Gasteiger partial charge in [-0.05, 0) is 36.8 Å². The van der Waals surface area contributed by atoms with Crippen LogP contribution in [0.3, 0.4) is 0 Å². The van der Waals surface area contributed by atoms with Crippen LogP contribution in [0, 0.1) is 12.7 Å². The van der Waals surface area contributed by atoms with Gasteiger partial charge in [0.15, 0.2) is 5.76 Å². The number of halogens is 1. The second kappa shape index (κ2) is 6.58. The molecule has 0 atom stereocenters. The Morgan fingerprint density at radius 3 is 2.42 bits per heavy atom.